The molecule has 1 fully saturated rings. The molecule has 2 rings (SSSR count). The van der Waals surface area contributed by atoms with Gasteiger partial charge >= 0.3 is 0 Å². The minimum atomic E-state index is 0.800. The van der Waals surface area contributed by atoms with Crippen LogP contribution in [0.2, 0.25) is 0 Å². The van der Waals surface area contributed by atoms with Crippen LogP contribution >= 0.6 is 0 Å². The van der Waals surface area contributed by atoms with Crippen LogP contribution in [-0.4, -0.2) is 23.6 Å². The molecule has 2 N–H and O–H groups in total. The first-order chi connectivity index (χ1) is 9.74. The van der Waals surface area contributed by atoms with Crippen molar-refractivity contribution >= 4 is 11.6 Å². The van der Waals surface area contributed by atoms with Crippen LogP contribution in [0.4, 0.5) is 11.6 Å². The second-order valence-corrected chi connectivity index (χ2v) is 6.06. The molecule has 0 atom stereocenters. The first-order valence-electron chi connectivity index (χ1n) is 8.00. The SMILES string of the molecule is CCCc1c(NC)ncnc1NCC1CCC(C)CC1. The topological polar surface area (TPSA) is 49.8 Å². The van der Waals surface area contributed by atoms with Gasteiger partial charge < -0.3 is 10.6 Å². The average Bonchev–Trinajstić information content (AvgIpc) is 2.48. The summed E-state index contributed by atoms with van der Waals surface area (Å²) in [6.07, 6.45) is 9.22. The minimum absolute atomic E-state index is 0.800. The largest absolute Gasteiger partial charge is 0.373 e. The summed E-state index contributed by atoms with van der Waals surface area (Å²) < 4.78 is 0. The Morgan fingerprint density at radius 1 is 1.15 bits per heavy atom. The van der Waals surface area contributed by atoms with Gasteiger partial charge in [-0.1, -0.05) is 33.1 Å². The molecule has 4 heteroatoms. The summed E-state index contributed by atoms with van der Waals surface area (Å²) in [5.41, 5.74) is 1.22. The molecule has 0 bridgehead atoms. The first-order valence-corrected chi connectivity index (χ1v) is 8.00. The fourth-order valence-corrected chi connectivity index (χ4v) is 3.04. The van der Waals surface area contributed by atoms with Gasteiger partial charge in [-0.2, -0.15) is 0 Å². The molecule has 4 nitrogen and oxygen atoms in total. The zero-order chi connectivity index (χ0) is 14.4. The monoisotopic (exact) mass is 276 g/mol. The van der Waals surface area contributed by atoms with E-state index in [1.165, 1.54) is 31.2 Å². The molecule has 1 aromatic heterocycles. The van der Waals surface area contributed by atoms with Crippen molar-refractivity contribution in [1.82, 2.24) is 9.97 Å². The van der Waals surface area contributed by atoms with Crippen LogP contribution in [-0.2, 0) is 6.42 Å². The van der Waals surface area contributed by atoms with Gasteiger partial charge in [-0.05, 0) is 31.1 Å². The molecule has 1 aliphatic carbocycles. The fraction of sp³-hybridized carbons (Fsp3) is 0.750. The van der Waals surface area contributed by atoms with Crippen molar-refractivity contribution in [3.8, 4) is 0 Å². The van der Waals surface area contributed by atoms with E-state index in [0.29, 0.717) is 0 Å². The van der Waals surface area contributed by atoms with E-state index in [4.69, 9.17) is 0 Å². The highest BCUT2D eigenvalue weighted by Crippen LogP contribution is 2.29. The third kappa shape index (κ3) is 3.84. The van der Waals surface area contributed by atoms with Crippen LogP contribution in [0.15, 0.2) is 6.33 Å². The smallest absolute Gasteiger partial charge is 0.134 e. The molecule has 0 aliphatic heterocycles. The van der Waals surface area contributed by atoms with E-state index in [1.54, 1.807) is 6.33 Å². The molecule has 1 heterocycles. The van der Waals surface area contributed by atoms with Crippen LogP contribution in [0, 0.1) is 11.8 Å². The van der Waals surface area contributed by atoms with Crippen LogP contribution in [0.1, 0.15) is 51.5 Å². The van der Waals surface area contributed by atoms with Crippen molar-refractivity contribution in [3.63, 3.8) is 0 Å². The molecule has 0 aromatic carbocycles. The second kappa shape index (κ2) is 7.46. The summed E-state index contributed by atoms with van der Waals surface area (Å²) >= 11 is 0. The number of nitrogens with one attached hydrogen (secondary N) is 2. The highest BCUT2D eigenvalue weighted by molar-refractivity contribution is 5.57. The highest BCUT2D eigenvalue weighted by Gasteiger charge is 2.18. The number of hydrogen-bond donors (Lipinski definition) is 2. The van der Waals surface area contributed by atoms with Gasteiger partial charge in [-0.25, -0.2) is 9.97 Å². The fourth-order valence-electron chi connectivity index (χ4n) is 3.04. The maximum Gasteiger partial charge on any atom is 0.134 e. The Balaban J connectivity index is 1.98. The van der Waals surface area contributed by atoms with Crippen molar-refractivity contribution in [2.24, 2.45) is 11.8 Å². The predicted octanol–water partition coefficient (Wildman–Crippen LogP) is 3.71. The first kappa shape index (κ1) is 15.1. The zero-order valence-electron chi connectivity index (χ0n) is 13.1. The van der Waals surface area contributed by atoms with Crippen molar-refractivity contribution in [2.45, 2.75) is 52.4 Å². The number of anilines is 2. The molecule has 0 saturated heterocycles. The standard InChI is InChI=1S/C16H28N4/c1-4-5-14-15(17-3)19-11-20-16(14)18-10-13-8-6-12(2)7-9-13/h11-13H,4-10H2,1-3H3,(H2,17,18,19,20). The summed E-state index contributed by atoms with van der Waals surface area (Å²) in [4.78, 5) is 8.76. The number of hydrogen-bond acceptors (Lipinski definition) is 4. The molecule has 1 aliphatic rings. The van der Waals surface area contributed by atoms with Crippen LogP contribution < -0.4 is 10.6 Å². The molecule has 112 valence electrons. The quantitative estimate of drug-likeness (QED) is 0.831. The number of rotatable bonds is 6. The maximum atomic E-state index is 4.44. The molecule has 0 unspecified atom stereocenters. The normalized spacial score (nSPS) is 22.6. The van der Waals surface area contributed by atoms with Crippen molar-refractivity contribution < 1.29 is 0 Å². The Morgan fingerprint density at radius 3 is 2.50 bits per heavy atom. The molecule has 20 heavy (non-hydrogen) atoms. The number of aromatic nitrogens is 2. The summed E-state index contributed by atoms with van der Waals surface area (Å²) in [5.74, 6) is 3.69. The third-order valence-corrected chi connectivity index (χ3v) is 4.38. The summed E-state index contributed by atoms with van der Waals surface area (Å²) in [7, 11) is 1.92. The van der Waals surface area contributed by atoms with Gasteiger partial charge in [0.1, 0.15) is 18.0 Å². The Hall–Kier alpha value is -1.32. The van der Waals surface area contributed by atoms with Crippen LogP contribution in [0.3, 0.4) is 0 Å². The van der Waals surface area contributed by atoms with Crippen LogP contribution in [0.5, 0.6) is 0 Å². The van der Waals surface area contributed by atoms with Gasteiger partial charge in [0.25, 0.3) is 0 Å². The van der Waals surface area contributed by atoms with Gasteiger partial charge in [0.05, 0.1) is 0 Å². The van der Waals surface area contributed by atoms with E-state index in [1.807, 2.05) is 7.05 Å². The molecule has 0 radical (unpaired) electrons. The summed E-state index contributed by atoms with van der Waals surface area (Å²) in [6, 6.07) is 0. The predicted molar refractivity (Wildman–Crippen MR) is 85.2 cm³/mol. The lowest BCUT2D eigenvalue weighted by Crippen LogP contribution is -2.21. The van der Waals surface area contributed by atoms with Gasteiger partial charge in [-0.3, -0.25) is 0 Å². The molecule has 0 amide bonds. The van der Waals surface area contributed by atoms with E-state index in [2.05, 4.69) is 34.4 Å². The van der Waals surface area contributed by atoms with E-state index in [-0.39, 0.29) is 0 Å². The van der Waals surface area contributed by atoms with Gasteiger partial charge in [-0.15, -0.1) is 0 Å². The van der Waals surface area contributed by atoms with Crippen molar-refractivity contribution in [1.29, 1.82) is 0 Å². The molecular formula is C16H28N4. The average molecular weight is 276 g/mol. The van der Waals surface area contributed by atoms with Gasteiger partial charge in [0.2, 0.25) is 0 Å². The maximum absolute atomic E-state index is 4.44. The Kier molecular flexibility index (Phi) is 5.62. The van der Waals surface area contributed by atoms with Gasteiger partial charge in [0.15, 0.2) is 0 Å². The molecular weight excluding hydrogens is 248 g/mol. The lowest BCUT2D eigenvalue weighted by molar-refractivity contribution is 0.300. The minimum Gasteiger partial charge on any atom is -0.373 e. The van der Waals surface area contributed by atoms with Crippen molar-refractivity contribution in [2.75, 3.05) is 24.2 Å². The summed E-state index contributed by atoms with van der Waals surface area (Å²) in [5, 5.41) is 6.74. The Morgan fingerprint density at radius 2 is 1.85 bits per heavy atom. The van der Waals surface area contributed by atoms with Crippen LogP contribution in [0.25, 0.3) is 0 Å². The number of nitrogens with zero attached hydrogens (tertiary/aromatic N) is 2. The van der Waals surface area contributed by atoms with Crippen molar-refractivity contribution in [3.05, 3.63) is 11.9 Å². The molecule has 1 aromatic rings. The zero-order valence-corrected chi connectivity index (χ0v) is 13.1. The van der Waals surface area contributed by atoms with Gasteiger partial charge in [0, 0.05) is 19.2 Å². The lowest BCUT2D eigenvalue weighted by Gasteiger charge is -2.26. The second-order valence-electron chi connectivity index (χ2n) is 6.06. The van der Waals surface area contributed by atoms with E-state index < -0.39 is 0 Å². The third-order valence-electron chi connectivity index (χ3n) is 4.38. The molecule has 0 spiro atoms. The molecule has 1 saturated carbocycles. The lowest BCUT2D eigenvalue weighted by atomic mass is 9.83. The highest BCUT2D eigenvalue weighted by atomic mass is 15.1. The van der Waals surface area contributed by atoms with E-state index >= 15 is 0 Å². The van der Waals surface area contributed by atoms with E-state index in [9.17, 15) is 0 Å². The Bertz CT molecular complexity index is 411. The van der Waals surface area contributed by atoms with E-state index in [0.717, 1.165) is 42.9 Å². The summed E-state index contributed by atoms with van der Waals surface area (Å²) in [6.45, 7) is 5.61. The Labute approximate surface area is 122 Å².